The highest BCUT2D eigenvalue weighted by Crippen LogP contribution is 2.37. The van der Waals surface area contributed by atoms with E-state index in [4.69, 9.17) is 0 Å². The molecule has 2 aliphatic heterocycles. The van der Waals surface area contributed by atoms with Crippen LogP contribution in [0.25, 0.3) is 0 Å². The van der Waals surface area contributed by atoms with Crippen LogP contribution in [-0.2, 0) is 16.1 Å². The van der Waals surface area contributed by atoms with Crippen LogP contribution < -0.4 is 0 Å². The largest absolute Gasteiger partial charge is 0.366 e. The van der Waals surface area contributed by atoms with Gasteiger partial charge in [-0.1, -0.05) is 43.2 Å². The zero-order chi connectivity index (χ0) is 21.1. The highest BCUT2D eigenvalue weighted by Gasteiger charge is 2.42. The van der Waals surface area contributed by atoms with Crippen molar-refractivity contribution in [1.82, 2.24) is 19.8 Å². The molecule has 2 aliphatic rings. The highest BCUT2D eigenvalue weighted by atomic mass is 32.2. The van der Waals surface area contributed by atoms with Gasteiger partial charge in [0, 0.05) is 24.5 Å². The Balaban J connectivity index is 1.69. The first kappa shape index (κ1) is 20.6. The normalized spacial score (nSPS) is 17.7. The lowest BCUT2D eigenvalue weighted by Crippen LogP contribution is -2.35. The monoisotopic (exact) mass is 422 g/mol. The molecule has 30 heavy (non-hydrogen) atoms. The third kappa shape index (κ3) is 4.41. The van der Waals surface area contributed by atoms with Gasteiger partial charge in [-0.05, 0) is 50.1 Å². The van der Waals surface area contributed by atoms with Crippen LogP contribution in [0.1, 0.15) is 42.6 Å². The molecule has 1 saturated heterocycles. The van der Waals surface area contributed by atoms with Crippen molar-refractivity contribution >= 4 is 23.6 Å². The predicted octanol–water partition coefficient (Wildman–Crippen LogP) is 3.84. The van der Waals surface area contributed by atoms with Gasteiger partial charge >= 0.3 is 0 Å². The molecule has 7 heteroatoms. The van der Waals surface area contributed by atoms with E-state index < -0.39 is 0 Å². The lowest BCUT2D eigenvalue weighted by molar-refractivity contribution is -0.138. The molecule has 6 nitrogen and oxygen atoms in total. The summed E-state index contributed by atoms with van der Waals surface area (Å²) in [4.78, 5) is 39.7. The number of rotatable bonds is 5. The number of benzene rings is 1. The van der Waals surface area contributed by atoms with Crippen LogP contribution >= 0.6 is 11.8 Å². The summed E-state index contributed by atoms with van der Waals surface area (Å²) in [5.74, 6) is -0.464. The Kier molecular flexibility index (Phi) is 6.18. The van der Waals surface area contributed by atoms with Gasteiger partial charge in [-0.15, -0.1) is 0 Å². The van der Waals surface area contributed by atoms with Crippen LogP contribution in [0.2, 0.25) is 0 Å². The van der Waals surface area contributed by atoms with Gasteiger partial charge in [-0.3, -0.25) is 14.5 Å². The molecule has 0 aliphatic carbocycles. The molecular formula is C23H26N4O2S. The van der Waals surface area contributed by atoms with Crippen molar-refractivity contribution in [3.05, 3.63) is 64.0 Å². The molecule has 2 amide bonds. The second-order valence-electron chi connectivity index (χ2n) is 7.80. The van der Waals surface area contributed by atoms with Gasteiger partial charge in [0.15, 0.2) is 5.16 Å². The second kappa shape index (κ2) is 9.00. The highest BCUT2D eigenvalue weighted by molar-refractivity contribution is 8.04. The van der Waals surface area contributed by atoms with Crippen molar-refractivity contribution in [3.8, 4) is 0 Å². The van der Waals surface area contributed by atoms with Gasteiger partial charge in [0.25, 0.3) is 11.8 Å². The SMILES string of the molecule is Cc1cc(C)nc(SC2=C(N3CCCCCC3)C(=O)N(Cc3ccccc3)C2=O)n1. The number of hydrogen-bond acceptors (Lipinski definition) is 6. The number of likely N-dealkylation sites (tertiary alicyclic amines) is 1. The Morgan fingerprint density at radius 3 is 2.17 bits per heavy atom. The van der Waals surface area contributed by atoms with Crippen molar-refractivity contribution < 1.29 is 9.59 Å². The lowest BCUT2D eigenvalue weighted by atomic mass is 10.2. The molecular weight excluding hydrogens is 396 g/mol. The van der Waals surface area contributed by atoms with E-state index in [0.717, 1.165) is 55.7 Å². The minimum atomic E-state index is -0.254. The summed E-state index contributed by atoms with van der Waals surface area (Å²) in [6.07, 6.45) is 4.37. The molecule has 3 heterocycles. The van der Waals surface area contributed by atoms with Crippen molar-refractivity contribution in [2.24, 2.45) is 0 Å². The molecule has 1 aromatic carbocycles. The fourth-order valence-corrected chi connectivity index (χ4v) is 5.02. The van der Waals surface area contributed by atoms with E-state index in [2.05, 4.69) is 14.9 Å². The first-order valence-corrected chi connectivity index (χ1v) is 11.2. The Labute approximate surface area is 181 Å². The number of nitrogens with zero attached hydrogens (tertiary/aromatic N) is 4. The summed E-state index contributed by atoms with van der Waals surface area (Å²) >= 11 is 1.22. The molecule has 1 fully saturated rings. The number of imide groups is 1. The summed E-state index contributed by atoms with van der Waals surface area (Å²) in [5.41, 5.74) is 3.15. The number of thioether (sulfide) groups is 1. The molecule has 0 bridgehead atoms. The Morgan fingerprint density at radius 2 is 1.53 bits per heavy atom. The standard InChI is InChI=1S/C23H26N4O2S/c1-16-14-17(2)25-23(24-16)30-20-19(26-12-8-3-4-9-13-26)21(28)27(22(20)29)15-18-10-6-5-7-11-18/h5-7,10-11,14H,3-4,8-9,12-13,15H2,1-2H3. The molecule has 4 rings (SSSR count). The summed E-state index contributed by atoms with van der Waals surface area (Å²) in [6.45, 7) is 5.68. The van der Waals surface area contributed by atoms with Crippen LogP contribution in [0.3, 0.4) is 0 Å². The molecule has 0 atom stereocenters. The molecule has 0 spiro atoms. The van der Waals surface area contributed by atoms with Crippen LogP contribution in [0.4, 0.5) is 0 Å². The summed E-state index contributed by atoms with van der Waals surface area (Å²) < 4.78 is 0. The molecule has 2 aromatic rings. The van der Waals surface area contributed by atoms with E-state index in [1.807, 2.05) is 50.2 Å². The average Bonchev–Trinajstić information content (AvgIpc) is 2.90. The van der Waals surface area contributed by atoms with E-state index in [1.165, 1.54) is 16.7 Å². The minimum absolute atomic E-state index is 0.211. The maximum Gasteiger partial charge on any atom is 0.278 e. The fraction of sp³-hybridized carbons (Fsp3) is 0.391. The first-order valence-electron chi connectivity index (χ1n) is 10.4. The van der Waals surface area contributed by atoms with Crippen LogP contribution in [-0.4, -0.2) is 44.7 Å². The van der Waals surface area contributed by atoms with Crippen LogP contribution in [0, 0.1) is 13.8 Å². The Hall–Kier alpha value is -2.67. The molecule has 0 saturated carbocycles. The fourth-order valence-electron chi connectivity index (χ4n) is 3.95. The number of aryl methyl sites for hydroxylation is 2. The summed E-state index contributed by atoms with van der Waals surface area (Å²) in [5, 5.41) is 0.512. The van der Waals surface area contributed by atoms with E-state index in [9.17, 15) is 9.59 Å². The smallest absolute Gasteiger partial charge is 0.278 e. The number of amides is 2. The summed E-state index contributed by atoms with van der Waals surface area (Å²) in [6, 6.07) is 11.5. The number of carbonyl (C=O) groups excluding carboxylic acids is 2. The zero-order valence-electron chi connectivity index (χ0n) is 17.4. The van der Waals surface area contributed by atoms with Gasteiger partial charge in [0.2, 0.25) is 0 Å². The van der Waals surface area contributed by atoms with E-state index in [1.54, 1.807) is 0 Å². The molecule has 156 valence electrons. The molecule has 0 radical (unpaired) electrons. The number of hydrogen-bond donors (Lipinski definition) is 0. The van der Waals surface area contributed by atoms with Crippen molar-refractivity contribution in [2.45, 2.75) is 51.2 Å². The third-order valence-electron chi connectivity index (χ3n) is 5.36. The molecule has 0 unspecified atom stereocenters. The van der Waals surface area contributed by atoms with Crippen LogP contribution in [0.15, 0.2) is 52.2 Å². The predicted molar refractivity (Wildman–Crippen MR) is 116 cm³/mol. The maximum atomic E-state index is 13.4. The first-order chi connectivity index (χ1) is 14.5. The van der Waals surface area contributed by atoms with Crippen molar-refractivity contribution in [3.63, 3.8) is 0 Å². The quantitative estimate of drug-likeness (QED) is 0.539. The van der Waals surface area contributed by atoms with Gasteiger partial charge in [-0.2, -0.15) is 0 Å². The topological polar surface area (TPSA) is 66.4 Å². The van der Waals surface area contributed by atoms with Crippen molar-refractivity contribution in [2.75, 3.05) is 13.1 Å². The number of aromatic nitrogens is 2. The third-order valence-corrected chi connectivity index (χ3v) is 6.30. The van der Waals surface area contributed by atoms with Crippen molar-refractivity contribution in [1.29, 1.82) is 0 Å². The van der Waals surface area contributed by atoms with E-state index >= 15 is 0 Å². The molecule has 1 aromatic heterocycles. The zero-order valence-corrected chi connectivity index (χ0v) is 18.2. The van der Waals surface area contributed by atoms with Gasteiger partial charge in [-0.25, -0.2) is 9.97 Å². The van der Waals surface area contributed by atoms with Gasteiger partial charge in [0.1, 0.15) is 10.6 Å². The maximum absolute atomic E-state index is 13.4. The van der Waals surface area contributed by atoms with Gasteiger partial charge in [0.05, 0.1) is 6.54 Å². The Bertz CT molecular complexity index is 962. The number of carbonyl (C=O) groups is 2. The van der Waals surface area contributed by atoms with Gasteiger partial charge < -0.3 is 4.90 Å². The average molecular weight is 423 g/mol. The van der Waals surface area contributed by atoms with E-state index in [0.29, 0.717) is 15.8 Å². The lowest BCUT2D eigenvalue weighted by Gasteiger charge is -2.24. The van der Waals surface area contributed by atoms with Crippen LogP contribution in [0.5, 0.6) is 0 Å². The second-order valence-corrected chi connectivity index (χ2v) is 8.77. The summed E-state index contributed by atoms with van der Waals surface area (Å²) in [7, 11) is 0. The van der Waals surface area contributed by atoms with E-state index in [-0.39, 0.29) is 18.4 Å². The molecule has 0 N–H and O–H groups in total. The Morgan fingerprint density at radius 1 is 0.900 bits per heavy atom. The minimum Gasteiger partial charge on any atom is -0.366 e.